The molecule has 5 nitrogen and oxygen atoms in total. The Labute approximate surface area is 223 Å². The molecule has 0 amide bonds. The first-order chi connectivity index (χ1) is 19.2. The van der Waals surface area contributed by atoms with Crippen molar-refractivity contribution in [2.45, 2.75) is 13.8 Å². The molecule has 39 heavy (non-hydrogen) atoms. The van der Waals surface area contributed by atoms with Gasteiger partial charge in [-0.1, -0.05) is 66.7 Å². The van der Waals surface area contributed by atoms with Crippen LogP contribution in [0.25, 0.3) is 72.4 Å². The number of imidazole rings is 4. The summed E-state index contributed by atoms with van der Waals surface area (Å²) in [5.41, 5.74) is 15.1. The molecule has 9 rings (SSSR count). The summed E-state index contributed by atoms with van der Waals surface area (Å²) in [6.45, 7) is 4.45. The minimum Gasteiger partial charge on any atom is -0.276 e. The predicted octanol–water partition coefficient (Wildman–Crippen LogP) is 8.08. The quantitative estimate of drug-likeness (QED) is 0.240. The minimum absolute atomic E-state index is 0.895. The van der Waals surface area contributed by atoms with E-state index in [0.29, 0.717) is 0 Å². The van der Waals surface area contributed by atoms with Crippen molar-refractivity contribution in [3.05, 3.63) is 114 Å². The monoisotopic (exact) mass is 501 g/mol. The van der Waals surface area contributed by atoms with Gasteiger partial charge < -0.3 is 0 Å². The van der Waals surface area contributed by atoms with Crippen LogP contribution in [0, 0.1) is 13.8 Å². The van der Waals surface area contributed by atoms with E-state index >= 15 is 0 Å². The normalized spacial score (nSPS) is 12.4. The van der Waals surface area contributed by atoms with E-state index in [9.17, 15) is 0 Å². The molecule has 0 aliphatic carbocycles. The van der Waals surface area contributed by atoms with Crippen LogP contribution in [0.1, 0.15) is 11.1 Å². The van der Waals surface area contributed by atoms with E-state index in [1.165, 1.54) is 33.4 Å². The molecule has 4 aromatic heterocycles. The highest BCUT2D eigenvalue weighted by atomic mass is 15.3. The van der Waals surface area contributed by atoms with Crippen LogP contribution in [0.3, 0.4) is 0 Å². The second kappa shape index (κ2) is 7.23. The zero-order valence-electron chi connectivity index (χ0n) is 21.6. The summed E-state index contributed by atoms with van der Waals surface area (Å²) in [5.74, 6) is 1.79. The molecule has 0 aliphatic heterocycles. The van der Waals surface area contributed by atoms with Crippen molar-refractivity contribution in [3.63, 3.8) is 0 Å². The summed E-state index contributed by atoms with van der Waals surface area (Å²) in [4.78, 5) is 10.2. The Hall–Kier alpha value is -5.16. The van der Waals surface area contributed by atoms with Crippen LogP contribution in [0.5, 0.6) is 0 Å². The second-order valence-electron chi connectivity index (χ2n) is 10.5. The van der Waals surface area contributed by atoms with E-state index in [2.05, 4.69) is 118 Å². The first-order valence-corrected chi connectivity index (χ1v) is 13.3. The van der Waals surface area contributed by atoms with Gasteiger partial charge in [-0.15, -0.1) is 0 Å². The lowest BCUT2D eigenvalue weighted by molar-refractivity contribution is 1.15. The van der Waals surface area contributed by atoms with Crippen LogP contribution < -0.4 is 0 Å². The number of benzene rings is 5. The molecule has 4 heterocycles. The maximum absolute atomic E-state index is 5.08. The Balaban J connectivity index is 1.44. The van der Waals surface area contributed by atoms with Gasteiger partial charge in [-0.25, -0.2) is 14.4 Å². The smallest absolute Gasteiger partial charge is 0.223 e. The lowest BCUT2D eigenvalue weighted by Crippen LogP contribution is -1.93. The van der Waals surface area contributed by atoms with Gasteiger partial charge in [-0.2, -0.15) is 0 Å². The zero-order chi connectivity index (χ0) is 25.8. The molecule has 0 spiro atoms. The van der Waals surface area contributed by atoms with Crippen LogP contribution >= 0.6 is 0 Å². The molecule has 0 saturated carbocycles. The van der Waals surface area contributed by atoms with Crippen molar-refractivity contribution in [2.75, 3.05) is 0 Å². The van der Waals surface area contributed by atoms with Gasteiger partial charge in [-0.05, 0) is 83.6 Å². The van der Waals surface area contributed by atoms with E-state index in [4.69, 9.17) is 9.97 Å². The van der Waals surface area contributed by atoms with Crippen molar-refractivity contribution in [3.8, 4) is 22.3 Å². The van der Waals surface area contributed by atoms with Crippen LogP contribution in [-0.2, 0) is 0 Å². The van der Waals surface area contributed by atoms with Crippen LogP contribution in [0.4, 0.5) is 0 Å². The molecule has 0 unspecified atom stereocenters. The molecule has 0 saturated heterocycles. The topological polar surface area (TPSA) is 39.0 Å². The summed E-state index contributed by atoms with van der Waals surface area (Å²) in [6.07, 6.45) is 0. The number of hydrogen-bond donors (Lipinski definition) is 0. The van der Waals surface area contributed by atoms with Gasteiger partial charge in [0.05, 0.1) is 33.1 Å². The van der Waals surface area contributed by atoms with Crippen molar-refractivity contribution < 1.29 is 0 Å². The van der Waals surface area contributed by atoms with Crippen LogP contribution in [0.15, 0.2) is 103 Å². The number of para-hydroxylation sites is 4. The van der Waals surface area contributed by atoms with Crippen molar-refractivity contribution >= 4 is 50.2 Å². The standard InChI is InChI=1S/C34H23N5/c1-20-16-23(22-10-4-3-5-11-22)17-21(2)31(20)24-18-29-32-30(19-24)38-28-15-9-7-13-26(28)36-34(38)39(32)33-35-25-12-6-8-14-27(25)37(29)33/h3-19H,1-2H3. The van der Waals surface area contributed by atoms with E-state index in [0.717, 1.165) is 50.2 Å². The number of hydrogen-bond acceptors (Lipinski definition) is 2. The Morgan fingerprint density at radius 3 is 1.54 bits per heavy atom. The molecule has 5 aromatic carbocycles. The largest absolute Gasteiger partial charge is 0.276 e. The molecular formula is C34H23N5. The van der Waals surface area contributed by atoms with E-state index in [1.807, 2.05) is 12.1 Å². The highest BCUT2D eigenvalue weighted by Gasteiger charge is 2.25. The molecule has 0 N–H and O–H groups in total. The molecule has 0 radical (unpaired) electrons. The molecule has 0 aliphatic rings. The Morgan fingerprint density at radius 2 is 0.974 bits per heavy atom. The van der Waals surface area contributed by atoms with Crippen LogP contribution in [-0.4, -0.2) is 23.2 Å². The molecule has 184 valence electrons. The molecule has 0 fully saturated rings. The lowest BCUT2D eigenvalue weighted by Gasteiger charge is -2.14. The number of fused-ring (bicyclic) bond motifs is 10. The maximum Gasteiger partial charge on any atom is 0.223 e. The Kier molecular flexibility index (Phi) is 3.87. The first kappa shape index (κ1) is 20.8. The average Bonchev–Trinajstić information content (AvgIpc) is 3.68. The minimum atomic E-state index is 0.895. The summed E-state index contributed by atoms with van der Waals surface area (Å²) >= 11 is 0. The van der Waals surface area contributed by atoms with Gasteiger partial charge in [-0.3, -0.25) is 8.80 Å². The van der Waals surface area contributed by atoms with Gasteiger partial charge in [0.2, 0.25) is 11.6 Å². The Bertz CT molecular complexity index is 2260. The molecule has 5 heteroatoms. The van der Waals surface area contributed by atoms with Crippen LogP contribution in [0.2, 0.25) is 0 Å². The summed E-state index contributed by atoms with van der Waals surface area (Å²) < 4.78 is 6.82. The number of rotatable bonds is 2. The average molecular weight is 502 g/mol. The third-order valence-corrected chi connectivity index (χ3v) is 8.19. The van der Waals surface area contributed by atoms with Crippen molar-refractivity contribution in [2.24, 2.45) is 0 Å². The summed E-state index contributed by atoms with van der Waals surface area (Å²) in [7, 11) is 0. The number of nitrogens with zero attached hydrogens (tertiary/aromatic N) is 5. The zero-order valence-corrected chi connectivity index (χ0v) is 21.6. The molecule has 0 bridgehead atoms. The van der Waals surface area contributed by atoms with Crippen molar-refractivity contribution in [1.29, 1.82) is 0 Å². The Morgan fingerprint density at radius 1 is 0.462 bits per heavy atom. The van der Waals surface area contributed by atoms with Gasteiger partial charge in [0, 0.05) is 0 Å². The predicted molar refractivity (Wildman–Crippen MR) is 159 cm³/mol. The fourth-order valence-corrected chi connectivity index (χ4v) is 6.63. The molecular weight excluding hydrogens is 478 g/mol. The van der Waals surface area contributed by atoms with E-state index in [1.54, 1.807) is 0 Å². The second-order valence-corrected chi connectivity index (χ2v) is 10.5. The van der Waals surface area contributed by atoms with Gasteiger partial charge in [0.25, 0.3) is 0 Å². The maximum atomic E-state index is 5.08. The summed E-state index contributed by atoms with van der Waals surface area (Å²) in [6, 6.07) is 36.7. The van der Waals surface area contributed by atoms with E-state index < -0.39 is 0 Å². The number of aromatic nitrogens is 5. The highest BCUT2D eigenvalue weighted by molar-refractivity contribution is 6.06. The van der Waals surface area contributed by atoms with Gasteiger partial charge in [0.1, 0.15) is 5.52 Å². The van der Waals surface area contributed by atoms with Crippen molar-refractivity contribution in [1.82, 2.24) is 23.2 Å². The lowest BCUT2D eigenvalue weighted by atomic mass is 9.91. The third kappa shape index (κ3) is 2.64. The molecule has 0 atom stereocenters. The molecule has 9 aromatic rings. The first-order valence-electron chi connectivity index (χ1n) is 13.3. The van der Waals surface area contributed by atoms with E-state index in [-0.39, 0.29) is 0 Å². The number of aryl methyl sites for hydroxylation is 2. The third-order valence-electron chi connectivity index (χ3n) is 8.19. The van der Waals surface area contributed by atoms with Gasteiger partial charge in [0.15, 0.2) is 0 Å². The fraction of sp³-hybridized carbons (Fsp3) is 0.0588. The fourth-order valence-electron chi connectivity index (χ4n) is 6.63. The van der Waals surface area contributed by atoms with Gasteiger partial charge >= 0.3 is 0 Å². The summed E-state index contributed by atoms with van der Waals surface area (Å²) in [5, 5.41) is 0. The highest BCUT2D eigenvalue weighted by Crippen LogP contribution is 2.39. The SMILES string of the molecule is Cc1cc(-c2ccccc2)cc(C)c1-c1cc2c3c(c1)n1c4ccccc4nc1n3c1nc3ccccc3n21.